The molecule has 1 aliphatic heterocycles. The minimum Gasteiger partial charge on any atom is -0.272 e. The van der Waals surface area contributed by atoms with Crippen molar-refractivity contribution in [2.24, 2.45) is 23.7 Å². The van der Waals surface area contributed by atoms with E-state index in [1.54, 1.807) is 6.07 Å². The topological polar surface area (TPSA) is 101 Å². The number of hydrazine groups is 1. The molecule has 1 saturated carbocycles. The number of nitro groups is 1. The summed E-state index contributed by atoms with van der Waals surface area (Å²) in [5.74, 6) is -3.58. The average molecular weight is 435 g/mol. The molecule has 0 radical (unpaired) electrons. The highest BCUT2D eigenvalue weighted by Gasteiger charge is 2.61. The van der Waals surface area contributed by atoms with Crippen LogP contribution in [0.1, 0.15) is 22.3 Å². The number of hydrogen-bond acceptors (Lipinski definition) is 5. The van der Waals surface area contributed by atoms with Crippen molar-refractivity contribution in [3.63, 3.8) is 0 Å². The van der Waals surface area contributed by atoms with E-state index in [-0.39, 0.29) is 35.2 Å². The Hall–Kier alpha value is -3.88. The van der Waals surface area contributed by atoms with Crippen molar-refractivity contribution in [2.75, 3.05) is 0 Å². The summed E-state index contributed by atoms with van der Waals surface area (Å²) in [6.07, 6.45) is 4.60. The lowest BCUT2D eigenvalue weighted by molar-refractivity contribution is -0.384. The van der Waals surface area contributed by atoms with Crippen LogP contribution in [0.5, 0.6) is 0 Å². The number of halogens is 1. The highest BCUT2D eigenvalue weighted by atomic mass is 19.1. The van der Waals surface area contributed by atoms with E-state index in [4.69, 9.17) is 0 Å². The minimum atomic E-state index is -0.793. The Balaban J connectivity index is 1.55. The average Bonchev–Trinajstić information content (AvgIpc) is 3.47. The molecular weight excluding hydrogens is 417 g/mol. The van der Waals surface area contributed by atoms with Crippen molar-refractivity contribution < 1.29 is 23.7 Å². The van der Waals surface area contributed by atoms with Gasteiger partial charge in [0, 0.05) is 23.3 Å². The summed E-state index contributed by atoms with van der Waals surface area (Å²) in [4.78, 5) is 50.5. The fraction of sp³-hybridized carbons (Fsp3) is 0.261. The quantitative estimate of drug-likeness (QED) is 0.311. The Labute approximate surface area is 182 Å². The summed E-state index contributed by atoms with van der Waals surface area (Å²) in [5, 5.41) is 12.9. The molecule has 4 atom stereocenters. The lowest BCUT2D eigenvalue weighted by Gasteiger charge is -2.31. The van der Waals surface area contributed by atoms with Crippen LogP contribution in [0.3, 0.4) is 0 Å². The zero-order valence-corrected chi connectivity index (χ0v) is 16.8. The second-order valence-electron chi connectivity index (χ2n) is 8.25. The standard InChI is InChI=1S/C23H18FN3O5/c24-18-7-2-1-4-16(18)12-25(21(28)15-5-3-6-17(11-15)27(31)32)26-22(29)19-13-8-9-14(10-13)20(19)23(26)30/h1-9,11,13-14,19-20H,10,12H2/t13-,14-,19-,20+/m0/s1. The van der Waals surface area contributed by atoms with E-state index < -0.39 is 40.3 Å². The van der Waals surface area contributed by atoms with Gasteiger partial charge in [-0.2, -0.15) is 5.01 Å². The largest absolute Gasteiger partial charge is 0.273 e. The molecule has 2 bridgehead atoms. The fourth-order valence-electron chi connectivity index (χ4n) is 5.05. The summed E-state index contributed by atoms with van der Waals surface area (Å²) in [6.45, 7) is -0.367. The predicted octanol–water partition coefficient (Wildman–Crippen LogP) is 3.10. The molecule has 0 spiro atoms. The number of nitrogens with zero attached hydrogens (tertiary/aromatic N) is 3. The molecule has 2 aromatic carbocycles. The third kappa shape index (κ3) is 3.00. The van der Waals surface area contributed by atoms with Crippen molar-refractivity contribution in [2.45, 2.75) is 13.0 Å². The molecule has 2 aliphatic carbocycles. The summed E-state index contributed by atoms with van der Waals surface area (Å²) in [6, 6.07) is 10.8. The van der Waals surface area contributed by atoms with Gasteiger partial charge in [0.1, 0.15) is 5.82 Å². The van der Waals surface area contributed by atoms with E-state index in [9.17, 15) is 28.9 Å². The first-order chi connectivity index (χ1) is 15.4. The van der Waals surface area contributed by atoms with Gasteiger partial charge in [-0.25, -0.2) is 9.40 Å². The zero-order valence-electron chi connectivity index (χ0n) is 16.8. The first-order valence-corrected chi connectivity index (χ1v) is 10.2. The number of carbonyl (C=O) groups excluding carboxylic acids is 3. The number of carbonyl (C=O) groups is 3. The Morgan fingerprint density at radius 2 is 1.72 bits per heavy atom. The van der Waals surface area contributed by atoms with Crippen LogP contribution in [0, 0.1) is 39.6 Å². The lowest BCUT2D eigenvalue weighted by atomic mass is 9.85. The van der Waals surface area contributed by atoms with Gasteiger partial charge in [0.25, 0.3) is 23.4 Å². The molecule has 3 aliphatic rings. The maximum absolute atomic E-state index is 14.4. The van der Waals surface area contributed by atoms with E-state index in [1.165, 1.54) is 36.4 Å². The van der Waals surface area contributed by atoms with Crippen molar-refractivity contribution in [3.8, 4) is 0 Å². The van der Waals surface area contributed by atoms with Crippen LogP contribution in [0.4, 0.5) is 10.1 Å². The monoisotopic (exact) mass is 435 g/mol. The molecule has 9 heteroatoms. The smallest absolute Gasteiger partial charge is 0.272 e. The molecular formula is C23H18FN3O5. The molecule has 0 aromatic heterocycles. The maximum atomic E-state index is 14.4. The van der Waals surface area contributed by atoms with Crippen molar-refractivity contribution >= 4 is 23.4 Å². The highest BCUT2D eigenvalue weighted by molar-refractivity contribution is 6.08. The Kier molecular flexibility index (Phi) is 4.61. The van der Waals surface area contributed by atoms with Gasteiger partial charge in [0.15, 0.2) is 0 Å². The molecule has 2 fully saturated rings. The minimum absolute atomic E-state index is 0.0605. The van der Waals surface area contributed by atoms with Gasteiger partial charge in [0.2, 0.25) is 0 Å². The van der Waals surface area contributed by atoms with Gasteiger partial charge in [-0.1, -0.05) is 36.4 Å². The van der Waals surface area contributed by atoms with Crippen molar-refractivity contribution in [1.82, 2.24) is 10.0 Å². The Morgan fingerprint density at radius 3 is 2.34 bits per heavy atom. The van der Waals surface area contributed by atoms with E-state index in [0.717, 1.165) is 22.5 Å². The Bertz CT molecular complexity index is 1170. The van der Waals surface area contributed by atoms with Crippen molar-refractivity contribution in [3.05, 3.63) is 87.7 Å². The fourth-order valence-corrected chi connectivity index (χ4v) is 5.05. The van der Waals surface area contributed by atoms with Crippen LogP contribution in [0.15, 0.2) is 60.7 Å². The van der Waals surface area contributed by atoms with E-state index in [0.29, 0.717) is 0 Å². The van der Waals surface area contributed by atoms with Crippen LogP contribution in [0.2, 0.25) is 0 Å². The van der Waals surface area contributed by atoms with Gasteiger partial charge >= 0.3 is 0 Å². The molecule has 162 valence electrons. The van der Waals surface area contributed by atoms with Gasteiger partial charge in [-0.15, -0.1) is 0 Å². The highest BCUT2D eigenvalue weighted by Crippen LogP contribution is 2.52. The van der Waals surface area contributed by atoms with Gasteiger partial charge < -0.3 is 0 Å². The normalized spacial score (nSPS) is 25.3. The maximum Gasteiger partial charge on any atom is 0.273 e. The van der Waals surface area contributed by atoms with Crippen molar-refractivity contribution in [1.29, 1.82) is 0 Å². The second-order valence-corrected chi connectivity index (χ2v) is 8.25. The number of hydrogen-bond donors (Lipinski definition) is 0. The zero-order chi connectivity index (χ0) is 22.6. The number of allylic oxidation sites excluding steroid dienone is 2. The molecule has 1 saturated heterocycles. The lowest BCUT2D eigenvalue weighted by Crippen LogP contribution is -2.50. The number of nitro benzene ring substituents is 1. The second kappa shape index (κ2) is 7.37. The first-order valence-electron chi connectivity index (χ1n) is 10.2. The first kappa shape index (κ1) is 20.0. The van der Waals surface area contributed by atoms with Gasteiger partial charge in [-0.05, 0) is 30.4 Å². The van der Waals surface area contributed by atoms with Crippen LogP contribution in [-0.2, 0) is 16.1 Å². The number of rotatable bonds is 5. The Morgan fingerprint density at radius 1 is 1.06 bits per heavy atom. The van der Waals surface area contributed by atoms with Crippen LogP contribution in [-0.4, -0.2) is 32.7 Å². The van der Waals surface area contributed by atoms with Crippen LogP contribution in [0.25, 0.3) is 0 Å². The molecule has 0 unspecified atom stereocenters. The van der Waals surface area contributed by atoms with E-state index >= 15 is 0 Å². The summed E-state index contributed by atoms with van der Waals surface area (Å²) in [7, 11) is 0. The predicted molar refractivity (Wildman–Crippen MR) is 109 cm³/mol. The number of imide groups is 1. The molecule has 8 nitrogen and oxygen atoms in total. The molecule has 5 rings (SSSR count). The number of non-ortho nitro benzene ring substituents is 1. The SMILES string of the molecule is O=C(c1cccc([N+](=O)[O-])c1)N(Cc1ccccc1F)N1C(=O)[C@@H]2[C@H](C1=O)[C@H]1C=C[C@H]2C1. The number of amides is 3. The van der Waals surface area contributed by atoms with E-state index in [2.05, 4.69) is 0 Å². The van der Waals surface area contributed by atoms with E-state index in [1.807, 2.05) is 12.2 Å². The summed E-state index contributed by atoms with van der Waals surface area (Å²) in [5.41, 5.74) is -0.265. The summed E-state index contributed by atoms with van der Waals surface area (Å²) < 4.78 is 14.4. The van der Waals surface area contributed by atoms with Gasteiger partial charge in [-0.3, -0.25) is 24.5 Å². The molecule has 0 N–H and O–H groups in total. The molecule has 3 amide bonds. The third-order valence-corrected chi connectivity index (χ3v) is 6.50. The van der Waals surface area contributed by atoms with Crippen LogP contribution < -0.4 is 0 Å². The number of benzene rings is 2. The molecule has 1 heterocycles. The molecule has 2 aromatic rings. The van der Waals surface area contributed by atoms with Crippen LogP contribution >= 0.6 is 0 Å². The number of fused-ring (bicyclic) bond motifs is 5. The third-order valence-electron chi connectivity index (χ3n) is 6.50. The summed E-state index contributed by atoms with van der Waals surface area (Å²) >= 11 is 0. The van der Waals surface area contributed by atoms with Gasteiger partial charge in [0.05, 0.1) is 23.3 Å². The molecule has 32 heavy (non-hydrogen) atoms.